The molecule has 7 heteroatoms. The third-order valence-corrected chi connectivity index (χ3v) is 4.72. The number of aromatic nitrogens is 5. The summed E-state index contributed by atoms with van der Waals surface area (Å²) in [4.78, 5) is 19.3. The van der Waals surface area contributed by atoms with E-state index >= 15 is 0 Å². The predicted octanol–water partition coefficient (Wildman–Crippen LogP) is 3.58. The van der Waals surface area contributed by atoms with Crippen LogP contribution < -0.4 is 5.73 Å². The number of carbonyl (C=O) groups is 1. The van der Waals surface area contributed by atoms with Crippen LogP contribution in [0.3, 0.4) is 0 Å². The fourth-order valence-electron chi connectivity index (χ4n) is 3.34. The van der Waals surface area contributed by atoms with Crippen LogP contribution >= 0.6 is 0 Å². The van der Waals surface area contributed by atoms with Crippen molar-refractivity contribution < 1.29 is 4.79 Å². The standard InChI is InChI=1S/C22H16N6O/c23-21(29)22-24-19(14-7-3-1-4-8-14)20(25-22)15-11-12-17-18(13-15)28(27-26-17)16-9-5-2-6-10-16/h1-13H,(H2,23,29)(H,24,25). The van der Waals surface area contributed by atoms with E-state index in [2.05, 4.69) is 20.3 Å². The van der Waals surface area contributed by atoms with Crippen molar-refractivity contribution in [3.8, 4) is 28.2 Å². The molecule has 0 aliphatic rings. The van der Waals surface area contributed by atoms with E-state index in [-0.39, 0.29) is 5.82 Å². The second-order valence-corrected chi connectivity index (χ2v) is 6.58. The number of hydrogen-bond acceptors (Lipinski definition) is 4. The Bertz CT molecular complexity index is 1320. The van der Waals surface area contributed by atoms with Gasteiger partial charge in [0, 0.05) is 11.1 Å². The van der Waals surface area contributed by atoms with E-state index in [1.165, 1.54) is 0 Å². The van der Waals surface area contributed by atoms with Gasteiger partial charge in [-0.25, -0.2) is 9.67 Å². The van der Waals surface area contributed by atoms with Gasteiger partial charge in [0.1, 0.15) is 5.52 Å². The Morgan fingerprint density at radius 3 is 2.34 bits per heavy atom. The van der Waals surface area contributed by atoms with Gasteiger partial charge in [-0.1, -0.05) is 59.8 Å². The number of nitrogens with one attached hydrogen (secondary N) is 1. The summed E-state index contributed by atoms with van der Waals surface area (Å²) >= 11 is 0. The number of nitrogens with zero attached hydrogens (tertiary/aromatic N) is 4. The summed E-state index contributed by atoms with van der Waals surface area (Å²) in [5.74, 6) is -0.487. The quantitative estimate of drug-likeness (QED) is 0.497. The Hall–Kier alpha value is -4.26. The van der Waals surface area contributed by atoms with Gasteiger partial charge in [0.15, 0.2) is 5.82 Å². The van der Waals surface area contributed by atoms with Crippen molar-refractivity contribution in [3.63, 3.8) is 0 Å². The molecule has 0 fully saturated rings. The minimum Gasteiger partial charge on any atom is -0.363 e. The molecule has 0 radical (unpaired) electrons. The highest BCUT2D eigenvalue weighted by Gasteiger charge is 2.18. The molecule has 0 atom stereocenters. The molecule has 7 nitrogen and oxygen atoms in total. The van der Waals surface area contributed by atoms with Gasteiger partial charge in [-0.15, -0.1) is 5.10 Å². The van der Waals surface area contributed by atoms with Crippen molar-refractivity contribution in [1.29, 1.82) is 0 Å². The highest BCUT2D eigenvalue weighted by molar-refractivity contribution is 5.93. The molecule has 2 heterocycles. The van der Waals surface area contributed by atoms with Crippen LogP contribution in [-0.4, -0.2) is 30.9 Å². The third-order valence-electron chi connectivity index (χ3n) is 4.72. The summed E-state index contributed by atoms with van der Waals surface area (Å²) in [5.41, 5.74) is 11.1. The van der Waals surface area contributed by atoms with Crippen molar-refractivity contribution in [2.45, 2.75) is 0 Å². The Kier molecular flexibility index (Phi) is 3.91. The summed E-state index contributed by atoms with van der Waals surface area (Å²) in [5, 5.41) is 8.53. The van der Waals surface area contributed by atoms with Crippen LogP contribution in [0.2, 0.25) is 0 Å². The number of benzene rings is 3. The number of rotatable bonds is 4. The first-order chi connectivity index (χ1) is 14.2. The van der Waals surface area contributed by atoms with Crippen LogP contribution in [0.1, 0.15) is 10.6 Å². The molecule has 2 aromatic heterocycles. The number of fused-ring (bicyclic) bond motifs is 1. The van der Waals surface area contributed by atoms with Gasteiger partial charge >= 0.3 is 0 Å². The fraction of sp³-hybridized carbons (Fsp3) is 0. The Morgan fingerprint density at radius 1 is 0.897 bits per heavy atom. The van der Waals surface area contributed by atoms with Crippen molar-refractivity contribution in [2.75, 3.05) is 0 Å². The second-order valence-electron chi connectivity index (χ2n) is 6.58. The normalized spacial score (nSPS) is 11.0. The molecule has 0 bridgehead atoms. The highest BCUT2D eigenvalue weighted by atomic mass is 16.1. The van der Waals surface area contributed by atoms with Crippen molar-refractivity contribution in [2.24, 2.45) is 5.73 Å². The zero-order valence-electron chi connectivity index (χ0n) is 15.3. The lowest BCUT2D eigenvalue weighted by Crippen LogP contribution is -2.12. The highest BCUT2D eigenvalue weighted by Crippen LogP contribution is 2.32. The SMILES string of the molecule is NC(=O)c1nc(-c2ccc3nnn(-c4ccccc4)c3c2)c(-c2ccccc2)[nH]1. The van der Waals surface area contributed by atoms with E-state index in [1.54, 1.807) is 4.68 Å². The summed E-state index contributed by atoms with van der Waals surface area (Å²) in [6.45, 7) is 0. The van der Waals surface area contributed by atoms with E-state index in [1.807, 2.05) is 78.9 Å². The molecule has 3 aromatic carbocycles. The number of H-pyrrole nitrogens is 1. The largest absolute Gasteiger partial charge is 0.363 e. The number of aromatic amines is 1. The lowest BCUT2D eigenvalue weighted by Gasteiger charge is -2.05. The summed E-state index contributed by atoms with van der Waals surface area (Å²) in [7, 11) is 0. The lowest BCUT2D eigenvalue weighted by atomic mass is 10.0. The van der Waals surface area contributed by atoms with Gasteiger partial charge in [0.25, 0.3) is 5.91 Å². The molecule has 0 saturated heterocycles. The molecule has 5 rings (SSSR count). The zero-order chi connectivity index (χ0) is 19.8. The third kappa shape index (κ3) is 2.94. The topological polar surface area (TPSA) is 102 Å². The Labute approximate surface area is 165 Å². The molecule has 140 valence electrons. The number of amides is 1. The fourth-order valence-corrected chi connectivity index (χ4v) is 3.34. The molecule has 0 unspecified atom stereocenters. The summed E-state index contributed by atoms with van der Waals surface area (Å²) < 4.78 is 1.78. The molecule has 0 saturated carbocycles. The molecule has 3 N–H and O–H groups in total. The lowest BCUT2D eigenvalue weighted by molar-refractivity contribution is 0.0991. The maximum Gasteiger partial charge on any atom is 0.284 e. The summed E-state index contributed by atoms with van der Waals surface area (Å²) in [6, 6.07) is 25.3. The number of imidazole rings is 1. The van der Waals surface area contributed by atoms with Crippen LogP contribution in [0.25, 0.3) is 39.2 Å². The summed E-state index contributed by atoms with van der Waals surface area (Å²) in [6.07, 6.45) is 0. The molecule has 5 aromatic rings. The van der Waals surface area contributed by atoms with Gasteiger partial charge < -0.3 is 10.7 Å². The van der Waals surface area contributed by atoms with E-state index in [0.29, 0.717) is 5.69 Å². The molecule has 0 aliphatic heterocycles. The zero-order valence-corrected chi connectivity index (χ0v) is 15.3. The second kappa shape index (κ2) is 6.72. The van der Waals surface area contributed by atoms with Crippen molar-refractivity contribution >= 4 is 16.9 Å². The average Bonchev–Trinajstić information content (AvgIpc) is 3.39. The van der Waals surface area contributed by atoms with Crippen LogP contribution in [0.4, 0.5) is 0 Å². The number of para-hydroxylation sites is 1. The maximum absolute atomic E-state index is 11.7. The van der Waals surface area contributed by atoms with Gasteiger partial charge in [0.2, 0.25) is 0 Å². The van der Waals surface area contributed by atoms with Crippen LogP contribution in [0.5, 0.6) is 0 Å². The number of carbonyl (C=O) groups excluding carboxylic acids is 1. The number of primary amides is 1. The van der Waals surface area contributed by atoms with Crippen LogP contribution in [0, 0.1) is 0 Å². The average molecular weight is 380 g/mol. The molecular weight excluding hydrogens is 364 g/mol. The monoisotopic (exact) mass is 380 g/mol. The molecule has 1 amide bonds. The first-order valence-corrected chi connectivity index (χ1v) is 9.07. The Balaban J connectivity index is 1.71. The molecule has 0 aliphatic carbocycles. The number of nitrogens with two attached hydrogens (primary N) is 1. The smallest absolute Gasteiger partial charge is 0.284 e. The van der Waals surface area contributed by atoms with Crippen molar-refractivity contribution in [1.82, 2.24) is 25.0 Å². The van der Waals surface area contributed by atoms with Gasteiger partial charge in [-0.3, -0.25) is 4.79 Å². The van der Waals surface area contributed by atoms with Crippen LogP contribution in [0.15, 0.2) is 78.9 Å². The Morgan fingerprint density at radius 2 is 1.62 bits per heavy atom. The van der Waals surface area contributed by atoms with E-state index in [0.717, 1.165) is 33.5 Å². The maximum atomic E-state index is 11.7. The first kappa shape index (κ1) is 16.9. The molecule has 0 spiro atoms. The minimum atomic E-state index is -0.606. The van der Waals surface area contributed by atoms with E-state index in [4.69, 9.17) is 5.73 Å². The molecule has 29 heavy (non-hydrogen) atoms. The van der Waals surface area contributed by atoms with E-state index in [9.17, 15) is 4.79 Å². The van der Waals surface area contributed by atoms with Crippen molar-refractivity contribution in [3.05, 3.63) is 84.7 Å². The van der Waals surface area contributed by atoms with Gasteiger partial charge in [-0.2, -0.15) is 0 Å². The first-order valence-electron chi connectivity index (χ1n) is 9.07. The van der Waals surface area contributed by atoms with Crippen LogP contribution in [-0.2, 0) is 0 Å². The molecular formula is C22H16N6O. The van der Waals surface area contributed by atoms with Gasteiger partial charge in [0.05, 0.1) is 22.6 Å². The van der Waals surface area contributed by atoms with Gasteiger partial charge in [-0.05, 0) is 24.3 Å². The predicted molar refractivity (Wildman–Crippen MR) is 110 cm³/mol. The number of hydrogen-bond donors (Lipinski definition) is 2. The van der Waals surface area contributed by atoms with E-state index < -0.39 is 5.91 Å². The minimum absolute atomic E-state index is 0.119.